The van der Waals surface area contributed by atoms with E-state index in [2.05, 4.69) is 10.6 Å². The Balaban J connectivity index is 2.03. The largest absolute Gasteiger partial charge is 0.465 e. The molecule has 136 valence electrons. The van der Waals surface area contributed by atoms with Crippen LogP contribution in [0.2, 0.25) is 0 Å². The van der Waals surface area contributed by atoms with Gasteiger partial charge in [-0.25, -0.2) is 9.59 Å². The van der Waals surface area contributed by atoms with Crippen molar-refractivity contribution < 1.29 is 19.4 Å². The Morgan fingerprint density at radius 1 is 0.704 bits per heavy atom. The van der Waals surface area contributed by atoms with Gasteiger partial charge in [-0.05, 0) is 12.1 Å². The number of amides is 2. The van der Waals surface area contributed by atoms with Crippen LogP contribution in [-0.4, -0.2) is 17.3 Å². The first-order chi connectivity index (χ1) is 13.1. The summed E-state index contributed by atoms with van der Waals surface area (Å²) in [7, 11) is 0. The second-order valence-corrected chi connectivity index (χ2v) is 5.74. The SMILES string of the molecule is O=C(O)NC(NC(=O)Oc1ccccc1)(c1ccccc1)c1ccccc1. The molecule has 0 saturated carbocycles. The Hall–Kier alpha value is -3.80. The second kappa shape index (κ2) is 8.05. The van der Waals surface area contributed by atoms with Gasteiger partial charge in [-0.1, -0.05) is 78.9 Å². The average Bonchev–Trinajstić information content (AvgIpc) is 2.69. The molecule has 0 spiro atoms. The molecule has 6 heteroatoms. The molecule has 27 heavy (non-hydrogen) atoms. The zero-order valence-electron chi connectivity index (χ0n) is 14.3. The van der Waals surface area contributed by atoms with Crippen LogP contribution in [0.4, 0.5) is 9.59 Å². The summed E-state index contributed by atoms with van der Waals surface area (Å²) < 4.78 is 5.31. The molecule has 0 radical (unpaired) electrons. The molecular formula is C21H18N2O4. The van der Waals surface area contributed by atoms with Gasteiger partial charge in [0.1, 0.15) is 5.75 Å². The van der Waals surface area contributed by atoms with Crippen molar-refractivity contribution in [3.8, 4) is 5.75 Å². The van der Waals surface area contributed by atoms with E-state index >= 15 is 0 Å². The van der Waals surface area contributed by atoms with E-state index < -0.39 is 17.8 Å². The summed E-state index contributed by atoms with van der Waals surface area (Å²) in [5.74, 6) is 0.348. The van der Waals surface area contributed by atoms with Crippen molar-refractivity contribution in [2.75, 3.05) is 0 Å². The number of nitrogens with one attached hydrogen (secondary N) is 2. The smallest absolute Gasteiger partial charge is 0.414 e. The lowest BCUT2D eigenvalue weighted by Gasteiger charge is -2.35. The minimum absolute atomic E-state index is 0.348. The van der Waals surface area contributed by atoms with Crippen LogP contribution in [0.25, 0.3) is 0 Å². The molecule has 0 fully saturated rings. The maximum absolute atomic E-state index is 12.6. The number of para-hydroxylation sites is 1. The molecule has 3 aromatic rings. The first-order valence-corrected chi connectivity index (χ1v) is 8.27. The van der Waals surface area contributed by atoms with Crippen LogP contribution in [0.5, 0.6) is 5.75 Å². The molecule has 6 nitrogen and oxygen atoms in total. The van der Waals surface area contributed by atoms with Crippen LogP contribution in [0.15, 0.2) is 91.0 Å². The zero-order chi connectivity index (χ0) is 19.1. The molecule has 3 aromatic carbocycles. The highest BCUT2D eigenvalue weighted by atomic mass is 16.6. The lowest BCUT2D eigenvalue weighted by Crippen LogP contribution is -2.59. The van der Waals surface area contributed by atoms with Gasteiger partial charge < -0.3 is 9.84 Å². The molecule has 0 aliphatic rings. The Labute approximate surface area is 156 Å². The maximum Gasteiger partial charge on any atom is 0.414 e. The number of hydrogen-bond acceptors (Lipinski definition) is 3. The molecule has 3 rings (SSSR count). The van der Waals surface area contributed by atoms with Crippen molar-refractivity contribution in [1.82, 2.24) is 10.6 Å². The minimum atomic E-state index is -1.51. The number of ether oxygens (including phenoxy) is 1. The van der Waals surface area contributed by atoms with E-state index in [9.17, 15) is 14.7 Å². The molecule has 0 aliphatic heterocycles. The predicted molar refractivity (Wildman–Crippen MR) is 100 cm³/mol. The van der Waals surface area contributed by atoms with E-state index in [1.54, 1.807) is 78.9 Å². The summed E-state index contributed by atoms with van der Waals surface area (Å²) in [6.07, 6.45) is -2.08. The van der Waals surface area contributed by atoms with Gasteiger partial charge in [-0.2, -0.15) is 0 Å². The highest BCUT2D eigenvalue weighted by Crippen LogP contribution is 2.27. The van der Waals surface area contributed by atoms with Gasteiger partial charge in [-0.15, -0.1) is 0 Å². The number of carbonyl (C=O) groups excluding carboxylic acids is 1. The fraction of sp³-hybridized carbons (Fsp3) is 0.0476. The highest BCUT2D eigenvalue weighted by Gasteiger charge is 2.38. The monoisotopic (exact) mass is 362 g/mol. The first-order valence-electron chi connectivity index (χ1n) is 8.27. The van der Waals surface area contributed by atoms with E-state index in [0.717, 1.165) is 0 Å². The molecule has 3 N–H and O–H groups in total. The summed E-state index contributed by atoms with van der Waals surface area (Å²) in [6.45, 7) is 0. The predicted octanol–water partition coefficient (Wildman–Crippen LogP) is 3.94. The van der Waals surface area contributed by atoms with Crippen LogP contribution in [-0.2, 0) is 5.66 Å². The van der Waals surface area contributed by atoms with E-state index in [0.29, 0.717) is 16.9 Å². The summed E-state index contributed by atoms with van der Waals surface area (Å²) in [6, 6.07) is 26.1. The van der Waals surface area contributed by atoms with Gasteiger partial charge in [0.15, 0.2) is 5.66 Å². The maximum atomic E-state index is 12.6. The van der Waals surface area contributed by atoms with E-state index in [1.165, 1.54) is 0 Å². The van der Waals surface area contributed by atoms with Gasteiger partial charge in [0.25, 0.3) is 0 Å². The molecule has 0 aromatic heterocycles. The quantitative estimate of drug-likeness (QED) is 0.600. The van der Waals surface area contributed by atoms with Crippen molar-refractivity contribution in [2.24, 2.45) is 0 Å². The van der Waals surface area contributed by atoms with E-state index in [1.807, 2.05) is 12.1 Å². The molecule has 0 atom stereocenters. The fourth-order valence-electron chi connectivity index (χ4n) is 2.80. The Morgan fingerprint density at radius 3 is 1.59 bits per heavy atom. The molecule has 0 unspecified atom stereocenters. The summed E-state index contributed by atoms with van der Waals surface area (Å²) in [5.41, 5.74) is -0.424. The standard InChI is InChI=1S/C21H18N2O4/c24-19(25)22-21(16-10-4-1-5-11-16,17-12-6-2-7-13-17)23-20(26)27-18-14-8-3-9-15-18/h1-15,22H,(H,23,26)(H,24,25). The molecule has 2 amide bonds. The van der Waals surface area contributed by atoms with Crippen molar-refractivity contribution in [3.05, 3.63) is 102 Å². The van der Waals surface area contributed by atoms with Crippen LogP contribution in [0.1, 0.15) is 11.1 Å². The van der Waals surface area contributed by atoms with Crippen LogP contribution in [0, 0.1) is 0 Å². The van der Waals surface area contributed by atoms with Crippen molar-refractivity contribution in [3.63, 3.8) is 0 Å². The van der Waals surface area contributed by atoms with Gasteiger partial charge in [0.05, 0.1) is 0 Å². The molecule has 0 heterocycles. The Kier molecular flexibility index (Phi) is 5.37. The first kappa shape index (κ1) is 18.0. The molecule has 0 bridgehead atoms. The van der Waals surface area contributed by atoms with Crippen LogP contribution < -0.4 is 15.4 Å². The number of carbonyl (C=O) groups is 2. The second-order valence-electron chi connectivity index (χ2n) is 5.74. The Bertz CT molecular complexity index is 860. The highest BCUT2D eigenvalue weighted by molar-refractivity contribution is 5.75. The topological polar surface area (TPSA) is 87.7 Å². The number of benzene rings is 3. The lowest BCUT2D eigenvalue weighted by molar-refractivity contribution is 0.165. The van der Waals surface area contributed by atoms with Crippen molar-refractivity contribution in [2.45, 2.75) is 5.66 Å². The third kappa shape index (κ3) is 4.24. The Morgan fingerprint density at radius 2 is 1.15 bits per heavy atom. The van der Waals surface area contributed by atoms with Crippen LogP contribution >= 0.6 is 0 Å². The summed E-state index contributed by atoms with van der Waals surface area (Å²) >= 11 is 0. The minimum Gasteiger partial charge on any atom is -0.465 e. The van der Waals surface area contributed by atoms with Gasteiger partial charge in [0, 0.05) is 11.1 Å². The van der Waals surface area contributed by atoms with Crippen molar-refractivity contribution >= 4 is 12.2 Å². The van der Waals surface area contributed by atoms with Crippen LogP contribution in [0.3, 0.4) is 0 Å². The van der Waals surface area contributed by atoms with Gasteiger partial charge in [-0.3, -0.25) is 10.6 Å². The third-order valence-corrected chi connectivity index (χ3v) is 3.95. The van der Waals surface area contributed by atoms with Gasteiger partial charge in [0.2, 0.25) is 0 Å². The van der Waals surface area contributed by atoms with Gasteiger partial charge >= 0.3 is 12.2 Å². The molecule has 0 saturated heterocycles. The number of hydrogen-bond donors (Lipinski definition) is 3. The summed E-state index contributed by atoms with van der Waals surface area (Å²) in [5, 5.41) is 14.6. The third-order valence-electron chi connectivity index (χ3n) is 3.95. The molecular weight excluding hydrogens is 344 g/mol. The number of rotatable bonds is 5. The fourth-order valence-corrected chi connectivity index (χ4v) is 2.80. The summed E-state index contributed by atoms with van der Waals surface area (Å²) in [4.78, 5) is 24.2. The normalized spacial score (nSPS) is 10.7. The lowest BCUT2D eigenvalue weighted by atomic mass is 9.91. The molecule has 0 aliphatic carbocycles. The van der Waals surface area contributed by atoms with Crippen molar-refractivity contribution in [1.29, 1.82) is 0 Å². The van der Waals surface area contributed by atoms with E-state index in [-0.39, 0.29) is 0 Å². The number of carboxylic acid groups (broad SMARTS) is 1. The zero-order valence-corrected chi connectivity index (χ0v) is 14.3. The average molecular weight is 362 g/mol. The van der Waals surface area contributed by atoms with E-state index in [4.69, 9.17) is 4.74 Å².